The second-order valence-electron chi connectivity index (χ2n) is 4.88. The molecule has 0 radical (unpaired) electrons. The Morgan fingerprint density at radius 1 is 1.40 bits per heavy atom. The summed E-state index contributed by atoms with van der Waals surface area (Å²) in [5, 5.41) is 9.01. The molecule has 0 unspecified atom stereocenters. The number of nitrogens with one attached hydrogen (secondary N) is 1. The normalized spacial score (nSPS) is 11.8. The number of hydrogen-bond acceptors (Lipinski definition) is 3. The standard InChI is InChI=1S/C13H18INO4S/c1-9(2)4-3-7-15-20(18,19)10-5-6-12(14)11(8-10)13(16)17/h5-6,8-9,15H,3-4,7H2,1-2H3,(H,16,17). The summed E-state index contributed by atoms with van der Waals surface area (Å²) in [6.07, 6.45) is 1.70. The van der Waals surface area contributed by atoms with Crippen molar-refractivity contribution in [3.63, 3.8) is 0 Å². The molecule has 0 saturated carbocycles. The van der Waals surface area contributed by atoms with Crippen LogP contribution in [0.3, 0.4) is 0 Å². The molecule has 0 atom stereocenters. The van der Waals surface area contributed by atoms with Crippen LogP contribution < -0.4 is 4.72 Å². The largest absolute Gasteiger partial charge is 0.478 e. The van der Waals surface area contributed by atoms with Gasteiger partial charge in [-0.3, -0.25) is 0 Å². The van der Waals surface area contributed by atoms with Crippen LogP contribution in [0, 0.1) is 9.49 Å². The number of hydrogen-bond donors (Lipinski definition) is 2. The fraction of sp³-hybridized carbons (Fsp3) is 0.462. The first-order chi connectivity index (χ1) is 9.24. The summed E-state index contributed by atoms with van der Waals surface area (Å²) >= 11 is 1.87. The molecule has 112 valence electrons. The first kappa shape index (κ1) is 17.4. The third-order valence-corrected chi connectivity index (χ3v) is 5.13. The Kier molecular flexibility index (Phi) is 6.41. The highest BCUT2D eigenvalue weighted by Gasteiger charge is 2.17. The van der Waals surface area contributed by atoms with Crippen molar-refractivity contribution in [1.82, 2.24) is 4.72 Å². The molecule has 1 rings (SSSR count). The van der Waals surface area contributed by atoms with Crippen molar-refractivity contribution in [3.8, 4) is 0 Å². The van der Waals surface area contributed by atoms with E-state index in [1.807, 2.05) is 22.6 Å². The summed E-state index contributed by atoms with van der Waals surface area (Å²) in [6.45, 7) is 4.51. The Morgan fingerprint density at radius 2 is 2.05 bits per heavy atom. The number of carboxylic acid groups (broad SMARTS) is 1. The lowest BCUT2D eigenvalue weighted by Gasteiger charge is -2.09. The van der Waals surface area contributed by atoms with E-state index < -0.39 is 16.0 Å². The Hall–Kier alpha value is -0.670. The first-order valence-electron chi connectivity index (χ1n) is 6.26. The van der Waals surface area contributed by atoms with E-state index in [-0.39, 0.29) is 10.5 Å². The Bertz CT molecular complexity index is 584. The number of benzene rings is 1. The van der Waals surface area contributed by atoms with Gasteiger partial charge in [0.1, 0.15) is 0 Å². The Balaban J connectivity index is 2.82. The SMILES string of the molecule is CC(C)CCCNS(=O)(=O)c1ccc(I)c(C(=O)O)c1. The molecular formula is C13H18INO4S. The van der Waals surface area contributed by atoms with Crippen LogP contribution in [0.2, 0.25) is 0 Å². The molecule has 0 aliphatic heterocycles. The number of carboxylic acids is 1. The molecule has 1 aromatic carbocycles. The van der Waals surface area contributed by atoms with Gasteiger partial charge in [0.15, 0.2) is 0 Å². The lowest BCUT2D eigenvalue weighted by Crippen LogP contribution is -2.25. The molecule has 0 bridgehead atoms. The number of rotatable bonds is 7. The van der Waals surface area contributed by atoms with Gasteiger partial charge in [-0.05, 0) is 59.5 Å². The zero-order valence-corrected chi connectivity index (χ0v) is 14.4. The third kappa shape index (κ3) is 5.02. The van der Waals surface area contributed by atoms with Gasteiger partial charge in [0.2, 0.25) is 10.0 Å². The maximum Gasteiger partial charge on any atom is 0.336 e. The van der Waals surface area contributed by atoms with E-state index in [9.17, 15) is 13.2 Å². The smallest absolute Gasteiger partial charge is 0.336 e. The van der Waals surface area contributed by atoms with Gasteiger partial charge in [0.25, 0.3) is 0 Å². The molecule has 1 aromatic rings. The summed E-state index contributed by atoms with van der Waals surface area (Å²) < 4.78 is 27.1. The van der Waals surface area contributed by atoms with Crippen LogP contribution in [0.4, 0.5) is 0 Å². The van der Waals surface area contributed by atoms with Crippen LogP contribution in [-0.4, -0.2) is 26.0 Å². The van der Waals surface area contributed by atoms with E-state index in [4.69, 9.17) is 5.11 Å². The van der Waals surface area contributed by atoms with Gasteiger partial charge in [-0.25, -0.2) is 17.9 Å². The molecule has 0 aliphatic rings. The van der Waals surface area contributed by atoms with Crippen LogP contribution in [0.25, 0.3) is 0 Å². The number of sulfonamides is 1. The maximum absolute atomic E-state index is 12.1. The Morgan fingerprint density at radius 3 is 2.60 bits per heavy atom. The molecular weight excluding hydrogens is 393 g/mol. The molecule has 7 heteroatoms. The van der Waals surface area contributed by atoms with Gasteiger partial charge in [0, 0.05) is 10.1 Å². The van der Waals surface area contributed by atoms with E-state index in [1.54, 1.807) is 0 Å². The van der Waals surface area contributed by atoms with Crippen LogP contribution in [-0.2, 0) is 10.0 Å². The van der Waals surface area contributed by atoms with E-state index in [2.05, 4.69) is 18.6 Å². The van der Waals surface area contributed by atoms with E-state index in [0.29, 0.717) is 16.0 Å². The summed E-state index contributed by atoms with van der Waals surface area (Å²) in [5.74, 6) is -0.609. The third-order valence-electron chi connectivity index (χ3n) is 2.73. The van der Waals surface area contributed by atoms with Crippen LogP contribution >= 0.6 is 22.6 Å². The van der Waals surface area contributed by atoms with Gasteiger partial charge in [-0.15, -0.1) is 0 Å². The molecule has 0 fully saturated rings. The predicted molar refractivity (Wildman–Crippen MR) is 85.4 cm³/mol. The minimum atomic E-state index is -3.65. The summed E-state index contributed by atoms with van der Waals surface area (Å²) in [4.78, 5) is 11.0. The minimum absolute atomic E-state index is 0.00402. The predicted octanol–water partition coefficient (Wildman–Crippen LogP) is 2.70. The van der Waals surface area contributed by atoms with E-state index >= 15 is 0 Å². The molecule has 20 heavy (non-hydrogen) atoms. The van der Waals surface area contributed by atoms with Gasteiger partial charge in [-0.1, -0.05) is 13.8 Å². The summed E-state index contributed by atoms with van der Waals surface area (Å²) in [6, 6.07) is 4.10. The van der Waals surface area contributed by atoms with Crippen molar-refractivity contribution in [1.29, 1.82) is 0 Å². The van der Waals surface area contributed by atoms with Gasteiger partial charge < -0.3 is 5.11 Å². The highest BCUT2D eigenvalue weighted by atomic mass is 127. The van der Waals surface area contributed by atoms with Crippen molar-refractivity contribution in [2.75, 3.05) is 6.54 Å². The van der Waals surface area contributed by atoms with Gasteiger partial charge in [0.05, 0.1) is 10.5 Å². The summed E-state index contributed by atoms with van der Waals surface area (Å²) in [5.41, 5.74) is -0.00402. The van der Waals surface area contributed by atoms with Gasteiger partial charge in [-0.2, -0.15) is 0 Å². The number of carbonyl (C=O) groups is 1. The molecule has 0 saturated heterocycles. The monoisotopic (exact) mass is 411 g/mol. The van der Waals surface area contributed by atoms with Crippen molar-refractivity contribution < 1.29 is 18.3 Å². The quantitative estimate of drug-likeness (QED) is 0.534. The fourth-order valence-corrected chi connectivity index (χ4v) is 3.30. The minimum Gasteiger partial charge on any atom is -0.478 e. The zero-order valence-electron chi connectivity index (χ0n) is 11.4. The lowest BCUT2D eigenvalue weighted by molar-refractivity contribution is 0.0695. The molecule has 2 N–H and O–H groups in total. The average molecular weight is 411 g/mol. The second-order valence-corrected chi connectivity index (χ2v) is 7.81. The Labute approximate surface area is 133 Å². The van der Waals surface area contributed by atoms with Crippen LogP contribution in [0.15, 0.2) is 23.1 Å². The fourth-order valence-electron chi connectivity index (χ4n) is 1.64. The number of halogens is 1. The van der Waals surface area contributed by atoms with E-state index in [0.717, 1.165) is 12.8 Å². The second kappa shape index (κ2) is 7.37. The molecule has 0 heterocycles. The maximum atomic E-state index is 12.1. The lowest BCUT2D eigenvalue weighted by atomic mass is 10.1. The molecule has 0 spiro atoms. The van der Waals surface area contributed by atoms with Crippen molar-refractivity contribution >= 4 is 38.6 Å². The van der Waals surface area contributed by atoms with Crippen LogP contribution in [0.1, 0.15) is 37.0 Å². The van der Waals surface area contributed by atoms with Crippen molar-refractivity contribution in [3.05, 3.63) is 27.3 Å². The molecule has 0 aliphatic carbocycles. The highest BCUT2D eigenvalue weighted by Crippen LogP contribution is 2.18. The van der Waals surface area contributed by atoms with Crippen molar-refractivity contribution in [2.45, 2.75) is 31.6 Å². The van der Waals surface area contributed by atoms with E-state index in [1.165, 1.54) is 18.2 Å². The number of aromatic carboxylic acids is 1. The van der Waals surface area contributed by atoms with Crippen LogP contribution in [0.5, 0.6) is 0 Å². The highest BCUT2D eigenvalue weighted by molar-refractivity contribution is 14.1. The summed E-state index contributed by atoms with van der Waals surface area (Å²) in [7, 11) is -3.65. The molecule has 0 amide bonds. The average Bonchev–Trinajstić information content (AvgIpc) is 2.34. The first-order valence-corrected chi connectivity index (χ1v) is 8.82. The topological polar surface area (TPSA) is 83.5 Å². The zero-order chi connectivity index (χ0) is 15.3. The van der Waals surface area contributed by atoms with Crippen molar-refractivity contribution in [2.24, 2.45) is 5.92 Å². The van der Waals surface area contributed by atoms with Gasteiger partial charge >= 0.3 is 5.97 Å². The molecule has 0 aromatic heterocycles. The molecule has 5 nitrogen and oxygen atoms in total.